The molecule has 2 aromatic rings. The molecule has 0 aliphatic heterocycles. The fraction of sp³-hybridized carbons (Fsp3) is 0.438. The van der Waals surface area contributed by atoms with E-state index >= 15 is 0 Å². The number of nitriles is 1. The van der Waals surface area contributed by atoms with Crippen molar-refractivity contribution in [3.05, 3.63) is 28.0 Å². The lowest BCUT2D eigenvalue weighted by molar-refractivity contribution is -0.117. The third kappa shape index (κ3) is 4.18. The summed E-state index contributed by atoms with van der Waals surface area (Å²) >= 11 is 1.58. The van der Waals surface area contributed by atoms with Crippen molar-refractivity contribution < 1.29 is 9.53 Å². The smallest absolute Gasteiger partial charge is 0.262 e. The van der Waals surface area contributed by atoms with E-state index in [0.29, 0.717) is 19.8 Å². The quantitative estimate of drug-likeness (QED) is 0.480. The summed E-state index contributed by atoms with van der Waals surface area (Å²) in [5.74, 6) is -0.370. The minimum absolute atomic E-state index is 0.0789. The monoisotopic (exact) mass is 332 g/mol. The second kappa shape index (κ2) is 7.90. The molecule has 0 atom stereocenters. The van der Waals surface area contributed by atoms with Crippen LogP contribution in [0.3, 0.4) is 0 Å². The molecule has 7 heteroatoms. The number of nitrogens with one attached hydrogen (secondary N) is 1. The van der Waals surface area contributed by atoms with Crippen LogP contribution in [0, 0.1) is 25.2 Å². The number of fused-ring (bicyclic) bond motifs is 1. The Hall–Kier alpha value is -2.17. The van der Waals surface area contributed by atoms with Crippen molar-refractivity contribution in [3.63, 3.8) is 0 Å². The van der Waals surface area contributed by atoms with E-state index in [1.165, 1.54) is 0 Å². The van der Waals surface area contributed by atoms with Gasteiger partial charge < -0.3 is 10.1 Å². The number of carbonyl (C=O) groups is 1. The minimum atomic E-state index is -0.370. The first kappa shape index (κ1) is 17.2. The normalized spacial score (nSPS) is 11.7. The number of ether oxygens (including phenoxy) is 1. The molecule has 2 rings (SSSR count). The van der Waals surface area contributed by atoms with E-state index in [1.54, 1.807) is 17.4 Å². The van der Waals surface area contributed by atoms with E-state index in [1.807, 2.05) is 37.4 Å². The van der Waals surface area contributed by atoms with Gasteiger partial charge in [-0.05, 0) is 33.3 Å². The molecule has 0 bridgehead atoms. The molecule has 0 aromatic carbocycles. The van der Waals surface area contributed by atoms with Gasteiger partial charge in [-0.25, -0.2) is 4.98 Å². The maximum absolute atomic E-state index is 12.1. The summed E-state index contributed by atoms with van der Waals surface area (Å²) in [6.07, 6.45) is 4.28. The number of amides is 1. The van der Waals surface area contributed by atoms with Crippen LogP contribution in [-0.2, 0) is 9.53 Å². The fourth-order valence-electron chi connectivity index (χ4n) is 2.16. The molecule has 1 amide bonds. The van der Waals surface area contributed by atoms with Gasteiger partial charge in [0.05, 0.1) is 11.4 Å². The van der Waals surface area contributed by atoms with Gasteiger partial charge in [0.1, 0.15) is 11.6 Å². The highest BCUT2D eigenvalue weighted by Crippen LogP contribution is 2.22. The van der Waals surface area contributed by atoms with Crippen LogP contribution in [0.5, 0.6) is 0 Å². The predicted octanol–water partition coefficient (Wildman–Crippen LogP) is 2.46. The van der Waals surface area contributed by atoms with Gasteiger partial charge in [-0.15, -0.1) is 11.3 Å². The Morgan fingerprint density at radius 3 is 3.04 bits per heavy atom. The summed E-state index contributed by atoms with van der Waals surface area (Å²) in [4.78, 5) is 18.6. The lowest BCUT2D eigenvalue weighted by Crippen LogP contribution is -2.26. The lowest BCUT2D eigenvalue weighted by atomic mass is 10.2. The largest absolute Gasteiger partial charge is 0.382 e. The van der Waals surface area contributed by atoms with E-state index in [9.17, 15) is 10.1 Å². The highest BCUT2D eigenvalue weighted by atomic mass is 32.1. The predicted molar refractivity (Wildman–Crippen MR) is 90.3 cm³/mol. The first-order chi connectivity index (χ1) is 11.1. The Kier molecular flexibility index (Phi) is 5.90. The van der Waals surface area contributed by atoms with E-state index in [-0.39, 0.29) is 11.5 Å². The second-order valence-corrected chi connectivity index (χ2v) is 6.27. The van der Waals surface area contributed by atoms with Crippen LogP contribution in [0.25, 0.3) is 11.0 Å². The van der Waals surface area contributed by atoms with Crippen molar-refractivity contribution in [3.8, 4) is 6.07 Å². The van der Waals surface area contributed by atoms with E-state index in [2.05, 4.69) is 10.3 Å². The molecule has 0 aliphatic rings. The van der Waals surface area contributed by atoms with Crippen molar-refractivity contribution in [1.29, 1.82) is 5.26 Å². The van der Waals surface area contributed by atoms with Crippen LogP contribution >= 0.6 is 11.3 Å². The number of nitrogens with zero attached hydrogens (tertiary/aromatic N) is 3. The van der Waals surface area contributed by atoms with Gasteiger partial charge >= 0.3 is 0 Å². The van der Waals surface area contributed by atoms with Crippen molar-refractivity contribution in [2.75, 3.05) is 19.8 Å². The van der Waals surface area contributed by atoms with E-state index < -0.39 is 0 Å². The van der Waals surface area contributed by atoms with Gasteiger partial charge in [0.25, 0.3) is 5.91 Å². The van der Waals surface area contributed by atoms with Crippen molar-refractivity contribution >= 4 is 28.3 Å². The van der Waals surface area contributed by atoms with Gasteiger partial charge in [0, 0.05) is 30.8 Å². The van der Waals surface area contributed by atoms with Crippen LogP contribution in [0.1, 0.15) is 29.6 Å². The average molecular weight is 332 g/mol. The minimum Gasteiger partial charge on any atom is -0.382 e. The summed E-state index contributed by atoms with van der Waals surface area (Å²) in [6, 6.07) is 1.97. The molecule has 1 N–H and O–H groups in total. The lowest BCUT2D eigenvalue weighted by Gasteiger charge is -2.04. The number of rotatable bonds is 7. The number of carbonyl (C=O) groups excluding carboxylic acids is 1. The van der Waals surface area contributed by atoms with Crippen LogP contribution in [-0.4, -0.2) is 35.1 Å². The van der Waals surface area contributed by atoms with Gasteiger partial charge in [-0.2, -0.15) is 5.26 Å². The van der Waals surface area contributed by atoms with Gasteiger partial charge in [-0.1, -0.05) is 0 Å². The molecule has 2 heterocycles. The molecule has 6 nitrogen and oxygen atoms in total. The number of imidazole rings is 1. The molecule has 0 spiro atoms. The Morgan fingerprint density at radius 1 is 1.57 bits per heavy atom. The Labute approximate surface area is 139 Å². The van der Waals surface area contributed by atoms with E-state index in [0.717, 1.165) is 27.6 Å². The fourth-order valence-corrected chi connectivity index (χ4v) is 3.03. The first-order valence-electron chi connectivity index (χ1n) is 7.49. The molecule has 0 saturated carbocycles. The van der Waals surface area contributed by atoms with Crippen molar-refractivity contribution in [2.45, 2.75) is 27.2 Å². The summed E-state index contributed by atoms with van der Waals surface area (Å²) in [5.41, 5.74) is 1.65. The van der Waals surface area contributed by atoms with Crippen LogP contribution in [0.2, 0.25) is 0 Å². The summed E-state index contributed by atoms with van der Waals surface area (Å²) in [7, 11) is 0. The Bertz CT molecular complexity index is 767. The van der Waals surface area contributed by atoms with Gasteiger partial charge in [0.15, 0.2) is 4.96 Å². The highest BCUT2D eigenvalue weighted by molar-refractivity contribution is 7.17. The second-order valence-electron chi connectivity index (χ2n) is 5.05. The molecule has 23 heavy (non-hydrogen) atoms. The summed E-state index contributed by atoms with van der Waals surface area (Å²) < 4.78 is 7.12. The number of hydrogen-bond donors (Lipinski definition) is 1. The van der Waals surface area contributed by atoms with Crippen LogP contribution in [0.4, 0.5) is 0 Å². The van der Waals surface area contributed by atoms with Crippen LogP contribution in [0.15, 0.2) is 11.8 Å². The molecule has 2 aromatic heterocycles. The number of aryl methyl sites for hydroxylation is 2. The maximum atomic E-state index is 12.1. The topological polar surface area (TPSA) is 79.4 Å². The molecule has 0 unspecified atom stereocenters. The zero-order valence-electron chi connectivity index (χ0n) is 13.5. The van der Waals surface area contributed by atoms with Crippen LogP contribution < -0.4 is 5.32 Å². The first-order valence-corrected chi connectivity index (χ1v) is 8.31. The highest BCUT2D eigenvalue weighted by Gasteiger charge is 2.13. The third-order valence-corrected chi connectivity index (χ3v) is 4.16. The molecule has 0 saturated heterocycles. The number of thiazole rings is 1. The number of hydrogen-bond acceptors (Lipinski definition) is 5. The molecular weight excluding hydrogens is 312 g/mol. The zero-order valence-corrected chi connectivity index (χ0v) is 14.4. The molecule has 0 fully saturated rings. The average Bonchev–Trinajstić information content (AvgIpc) is 3.00. The van der Waals surface area contributed by atoms with Gasteiger partial charge in [0.2, 0.25) is 0 Å². The van der Waals surface area contributed by atoms with Crippen molar-refractivity contribution in [1.82, 2.24) is 14.7 Å². The third-order valence-electron chi connectivity index (χ3n) is 3.26. The molecule has 0 aliphatic carbocycles. The number of aromatic nitrogens is 2. The van der Waals surface area contributed by atoms with E-state index in [4.69, 9.17) is 4.74 Å². The standard InChI is InChI=1S/C16H20N4O2S/c1-4-22-7-5-6-18-15(21)13(9-17)8-14-12(3)19-16-20(14)10-11(2)23-16/h8,10H,4-7H2,1-3H3,(H,18,21)/b13-8+. The van der Waals surface area contributed by atoms with Crippen molar-refractivity contribution in [2.24, 2.45) is 0 Å². The summed E-state index contributed by atoms with van der Waals surface area (Å²) in [5, 5.41) is 12.0. The zero-order chi connectivity index (χ0) is 16.8. The summed E-state index contributed by atoms with van der Waals surface area (Å²) in [6.45, 7) is 7.53. The Balaban J connectivity index is 2.12. The SMILES string of the molecule is CCOCCCNC(=O)/C(C#N)=C/c1c(C)nc2sc(C)cn12. The molecule has 122 valence electrons. The molecule has 0 radical (unpaired) electrons. The van der Waals surface area contributed by atoms with Gasteiger partial charge in [-0.3, -0.25) is 9.20 Å². The maximum Gasteiger partial charge on any atom is 0.262 e. The molecular formula is C16H20N4O2S. The Morgan fingerprint density at radius 2 is 2.35 bits per heavy atom.